The zero-order valence-corrected chi connectivity index (χ0v) is 13.6. The Morgan fingerprint density at radius 3 is 2.70 bits per heavy atom. The molecule has 0 aliphatic carbocycles. The smallest absolute Gasteiger partial charge is 0.161 e. The molecule has 20 heavy (non-hydrogen) atoms. The predicted molar refractivity (Wildman–Crippen MR) is 86.6 cm³/mol. The lowest BCUT2D eigenvalue weighted by Gasteiger charge is -2.12. The molecule has 0 saturated carbocycles. The summed E-state index contributed by atoms with van der Waals surface area (Å²) in [7, 11) is 1.66. The lowest BCUT2D eigenvalue weighted by molar-refractivity contribution is 0.288. The first-order valence-corrected chi connectivity index (χ1v) is 7.89. The first kappa shape index (κ1) is 15.1. The van der Waals surface area contributed by atoms with E-state index in [9.17, 15) is 0 Å². The highest BCUT2D eigenvalue weighted by atomic mass is 32.1. The molecular weight excluding hydrogens is 290 g/mol. The van der Waals surface area contributed by atoms with Crippen molar-refractivity contribution in [1.82, 2.24) is 4.98 Å². The topological polar surface area (TPSA) is 34.2 Å². The zero-order chi connectivity index (χ0) is 14.5. The van der Waals surface area contributed by atoms with Gasteiger partial charge in [-0.1, -0.05) is 13.3 Å². The molecule has 0 atom stereocenters. The third-order valence-corrected chi connectivity index (χ3v) is 4.39. The lowest BCUT2D eigenvalue weighted by atomic mass is 10.1. The normalized spacial score (nSPS) is 10.6. The molecule has 0 aliphatic heterocycles. The minimum Gasteiger partial charge on any atom is -0.493 e. The quantitative estimate of drug-likeness (QED) is 0.604. The van der Waals surface area contributed by atoms with E-state index in [4.69, 9.17) is 21.7 Å². The number of hydrogen-bond acceptors (Lipinski definition) is 4. The van der Waals surface area contributed by atoms with Crippen LogP contribution >= 0.6 is 23.6 Å². The number of aryl methyl sites for hydroxylation is 1. The number of aromatic nitrogens is 1. The Labute approximate surface area is 128 Å². The standard InChI is InChI=1S/C15H19NO2S2/c1-4-5-8-18-13-9-11(6-7-12(13)17-3)14-10(2)16-15(19)20-14/h6-7,9H,4-5,8H2,1-3H3,(H,16,19). The van der Waals surface area contributed by atoms with Crippen molar-refractivity contribution in [3.63, 3.8) is 0 Å². The highest BCUT2D eigenvalue weighted by Crippen LogP contribution is 2.35. The van der Waals surface area contributed by atoms with E-state index in [0.29, 0.717) is 6.61 Å². The first-order chi connectivity index (χ1) is 9.65. The fraction of sp³-hybridized carbons (Fsp3) is 0.400. The van der Waals surface area contributed by atoms with E-state index in [-0.39, 0.29) is 0 Å². The van der Waals surface area contributed by atoms with Gasteiger partial charge in [-0.3, -0.25) is 0 Å². The maximum Gasteiger partial charge on any atom is 0.161 e. The summed E-state index contributed by atoms with van der Waals surface area (Å²) in [5.74, 6) is 1.55. The largest absolute Gasteiger partial charge is 0.493 e. The maximum absolute atomic E-state index is 5.82. The van der Waals surface area contributed by atoms with Gasteiger partial charge in [-0.05, 0) is 49.3 Å². The maximum atomic E-state index is 5.82. The molecule has 3 nitrogen and oxygen atoms in total. The average molecular weight is 309 g/mol. The molecule has 0 fully saturated rings. The van der Waals surface area contributed by atoms with Gasteiger partial charge in [0, 0.05) is 5.69 Å². The van der Waals surface area contributed by atoms with Crippen LogP contribution in [0.25, 0.3) is 10.4 Å². The third kappa shape index (κ3) is 3.41. The molecule has 0 aliphatic rings. The summed E-state index contributed by atoms with van der Waals surface area (Å²) < 4.78 is 12.0. The summed E-state index contributed by atoms with van der Waals surface area (Å²) in [6, 6.07) is 6.00. The number of methoxy groups -OCH3 is 1. The molecular formula is C15H19NO2S2. The van der Waals surface area contributed by atoms with Crippen LogP contribution in [0, 0.1) is 10.9 Å². The fourth-order valence-electron chi connectivity index (χ4n) is 1.94. The van der Waals surface area contributed by atoms with Gasteiger partial charge in [0.15, 0.2) is 15.5 Å². The minimum absolute atomic E-state index is 0.706. The van der Waals surface area contributed by atoms with Crippen LogP contribution in [0.2, 0.25) is 0 Å². The van der Waals surface area contributed by atoms with E-state index in [0.717, 1.165) is 44.4 Å². The molecule has 108 valence electrons. The van der Waals surface area contributed by atoms with Crippen LogP contribution in [-0.2, 0) is 0 Å². The van der Waals surface area contributed by atoms with Crippen LogP contribution in [0.4, 0.5) is 0 Å². The predicted octanol–water partition coefficient (Wildman–Crippen LogP) is 4.97. The van der Waals surface area contributed by atoms with Gasteiger partial charge in [0.2, 0.25) is 0 Å². The van der Waals surface area contributed by atoms with Crippen molar-refractivity contribution in [2.24, 2.45) is 0 Å². The number of benzene rings is 1. The van der Waals surface area contributed by atoms with Gasteiger partial charge in [0.25, 0.3) is 0 Å². The Morgan fingerprint density at radius 1 is 1.30 bits per heavy atom. The summed E-state index contributed by atoms with van der Waals surface area (Å²) in [6.07, 6.45) is 2.15. The molecule has 2 aromatic rings. The molecule has 0 unspecified atom stereocenters. The van der Waals surface area contributed by atoms with E-state index >= 15 is 0 Å². The second-order valence-corrected chi connectivity index (χ2v) is 6.22. The molecule has 0 bridgehead atoms. The monoisotopic (exact) mass is 309 g/mol. The van der Waals surface area contributed by atoms with E-state index in [1.54, 1.807) is 18.4 Å². The highest BCUT2D eigenvalue weighted by Gasteiger charge is 2.10. The van der Waals surface area contributed by atoms with Gasteiger partial charge in [-0.15, -0.1) is 11.3 Å². The molecule has 0 spiro atoms. The average Bonchev–Trinajstić information content (AvgIpc) is 2.78. The second-order valence-electron chi connectivity index (χ2n) is 4.54. The lowest BCUT2D eigenvalue weighted by Crippen LogP contribution is -1.99. The van der Waals surface area contributed by atoms with E-state index in [2.05, 4.69) is 11.9 Å². The number of thiazole rings is 1. The Balaban J connectivity index is 2.33. The van der Waals surface area contributed by atoms with Crippen molar-refractivity contribution in [1.29, 1.82) is 0 Å². The number of hydrogen-bond donors (Lipinski definition) is 1. The van der Waals surface area contributed by atoms with Crippen LogP contribution < -0.4 is 9.47 Å². The molecule has 1 aromatic carbocycles. The molecule has 0 amide bonds. The number of aromatic amines is 1. The molecule has 5 heteroatoms. The Kier molecular flexibility index (Phi) is 5.20. The highest BCUT2D eigenvalue weighted by molar-refractivity contribution is 7.73. The molecule has 1 aromatic heterocycles. The molecule has 1 heterocycles. The van der Waals surface area contributed by atoms with Gasteiger partial charge < -0.3 is 14.5 Å². The summed E-state index contributed by atoms with van der Waals surface area (Å²) in [4.78, 5) is 4.32. The zero-order valence-electron chi connectivity index (χ0n) is 12.0. The van der Waals surface area contributed by atoms with Crippen molar-refractivity contribution < 1.29 is 9.47 Å². The summed E-state index contributed by atoms with van der Waals surface area (Å²) in [6.45, 7) is 4.88. The van der Waals surface area contributed by atoms with Crippen LogP contribution in [0.15, 0.2) is 18.2 Å². The Morgan fingerprint density at radius 2 is 2.10 bits per heavy atom. The van der Waals surface area contributed by atoms with Crippen LogP contribution in [0.3, 0.4) is 0 Å². The van der Waals surface area contributed by atoms with Crippen LogP contribution in [0.1, 0.15) is 25.5 Å². The second kappa shape index (κ2) is 6.90. The summed E-state index contributed by atoms with van der Waals surface area (Å²) in [5.41, 5.74) is 2.19. The summed E-state index contributed by atoms with van der Waals surface area (Å²) >= 11 is 6.78. The van der Waals surface area contributed by atoms with Gasteiger partial charge in [0.1, 0.15) is 0 Å². The van der Waals surface area contributed by atoms with Crippen molar-refractivity contribution in [2.45, 2.75) is 26.7 Å². The van der Waals surface area contributed by atoms with Crippen molar-refractivity contribution in [3.05, 3.63) is 27.8 Å². The van der Waals surface area contributed by atoms with E-state index in [1.807, 2.05) is 25.1 Å². The number of nitrogens with one attached hydrogen (secondary N) is 1. The van der Waals surface area contributed by atoms with Gasteiger partial charge in [-0.25, -0.2) is 0 Å². The number of rotatable bonds is 6. The van der Waals surface area contributed by atoms with E-state index in [1.165, 1.54) is 0 Å². The number of unbranched alkanes of at least 4 members (excludes halogenated alkanes) is 1. The molecule has 0 radical (unpaired) electrons. The Hall–Kier alpha value is -1.33. The van der Waals surface area contributed by atoms with Gasteiger partial charge in [0.05, 0.1) is 18.6 Å². The minimum atomic E-state index is 0.706. The van der Waals surface area contributed by atoms with Crippen molar-refractivity contribution in [2.75, 3.05) is 13.7 Å². The van der Waals surface area contributed by atoms with Crippen LogP contribution in [-0.4, -0.2) is 18.7 Å². The first-order valence-electron chi connectivity index (χ1n) is 6.66. The van der Waals surface area contributed by atoms with Crippen molar-refractivity contribution in [3.8, 4) is 21.9 Å². The SMILES string of the molecule is CCCCOc1cc(-c2sc(=S)[nH]c2C)ccc1OC. The number of H-pyrrole nitrogens is 1. The van der Waals surface area contributed by atoms with E-state index < -0.39 is 0 Å². The summed E-state index contributed by atoms with van der Waals surface area (Å²) in [5, 5.41) is 0. The molecule has 0 saturated heterocycles. The number of ether oxygens (including phenoxy) is 2. The molecule has 1 N–H and O–H groups in total. The van der Waals surface area contributed by atoms with Crippen molar-refractivity contribution >= 4 is 23.6 Å². The fourth-order valence-corrected chi connectivity index (χ4v) is 3.18. The molecule has 2 rings (SSSR count). The third-order valence-electron chi connectivity index (χ3n) is 3.01. The van der Waals surface area contributed by atoms with Gasteiger partial charge in [-0.2, -0.15) is 0 Å². The van der Waals surface area contributed by atoms with Crippen LogP contribution in [0.5, 0.6) is 11.5 Å². The Bertz CT molecular complexity index is 631. The van der Waals surface area contributed by atoms with Gasteiger partial charge >= 0.3 is 0 Å².